The van der Waals surface area contributed by atoms with Gasteiger partial charge in [-0.25, -0.2) is 15.0 Å². The number of hydrogen-bond donors (Lipinski definition) is 2. The van der Waals surface area contributed by atoms with E-state index in [1.54, 1.807) is 13.4 Å². The lowest BCUT2D eigenvalue weighted by atomic mass is 10.3. The van der Waals surface area contributed by atoms with Crippen molar-refractivity contribution in [3.8, 4) is 0 Å². The van der Waals surface area contributed by atoms with Crippen LogP contribution in [0.5, 0.6) is 0 Å². The highest BCUT2D eigenvalue weighted by molar-refractivity contribution is 5.81. The van der Waals surface area contributed by atoms with Gasteiger partial charge in [0, 0.05) is 20.1 Å². The van der Waals surface area contributed by atoms with E-state index in [4.69, 9.17) is 4.84 Å². The first-order valence-corrected chi connectivity index (χ1v) is 5.94. The van der Waals surface area contributed by atoms with E-state index in [9.17, 15) is 0 Å². The van der Waals surface area contributed by atoms with E-state index < -0.39 is 0 Å². The predicted octanol–water partition coefficient (Wildman–Crippen LogP) is 1.04. The highest BCUT2D eigenvalue weighted by Gasteiger charge is 2.04. The molecule has 18 heavy (non-hydrogen) atoms. The zero-order valence-corrected chi connectivity index (χ0v) is 10.7. The number of anilines is 1. The van der Waals surface area contributed by atoms with Gasteiger partial charge < -0.3 is 15.1 Å². The molecule has 0 aromatic carbocycles. The number of hydroxylamine groups is 2. The van der Waals surface area contributed by atoms with Gasteiger partial charge in [-0.15, -0.1) is 0 Å². The molecule has 7 heteroatoms. The number of rotatable bonds is 7. The molecule has 0 spiro atoms. The molecule has 98 valence electrons. The van der Waals surface area contributed by atoms with Gasteiger partial charge in [0.05, 0.1) is 13.4 Å². The maximum Gasteiger partial charge on any atom is 0.162 e. The topological polar surface area (TPSA) is 79.0 Å². The van der Waals surface area contributed by atoms with Crippen molar-refractivity contribution in [1.29, 1.82) is 0 Å². The molecule has 0 aliphatic heterocycles. The zero-order valence-electron chi connectivity index (χ0n) is 10.7. The zero-order chi connectivity index (χ0) is 12.8. The minimum atomic E-state index is 0.756. The molecule has 0 amide bonds. The molecule has 0 aliphatic rings. The molecule has 2 heterocycles. The Morgan fingerprint density at radius 1 is 1.33 bits per heavy atom. The van der Waals surface area contributed by atoms with Crippen molar-refractivity contribution in [3.63, 3.8) is 0 Å². The van der Waals surface area contributed by atoms with Crippen LogP contribution in [0.4, 0.5) is 5.82 Å². The van der Waals surface area contributed by atoms with Crippen LogP contribution in [0.25, 0.3) is 11.2 Å². The molecule has 2 aromatic heterocycles. The van der Waals surface area contributed by atoms with E-state index >= 15 is 0 Å². The minimum Gasteiger partial charge on any atom is -0.368 e. The van der Waals surface area contributed by atoms with Crippen LogP contribution in [0.2, 0.25) is 0 Å². The molecular formula is C11H18N6O. The second-order valence-electron chi connectivity index (χ2n) is 3.99. The second-order valence-corrected chi connectivity index (χ2v) is 3.99. The minimum absolute atomic E-state index is 0.756. The van der Waals surface area contributed by atoms with Crippen molar-refractivity contribution in [3.05, 3.63) is 12.7 Å². The summed E-state index contributed by atoms with van der Waals surface area (Å²) in [6.07, 6.45) is 5.26. The molecule has 2 N–H and O–H groups in total. The molecule has 0 fully saturated rings. The molecule has 2 rings (SSSR count). The number of fused-ring (bicyclic) bond motifs is 1. The lowest BCUT2D eigenvalue weighted by Crippen LogP contribution is -2.18. The third kappa shape index (κ3) is 3.14. The molecule has 2 aromatic rings. The average molecular weight is 250 g/mol. The number of aromatic amines is 1. The molecule has 0 unspecified atom stereocenters. The third-order valence-electron chi connectivity index (χ3n) is 2.72. The van der Waals surface area contributed by atoms with E-state index in [0.717, 1.165) is 42.9 Å². The van der Waals surface area contributed by atoms with Crippen molar-refractivity contribution >= 4 is 17.0 Å². The Labute approximate surface area is 106 Å². The van der Waals surface area contributed by atoms with Gasteiger partial charge in [0.25, 0.3) is 0 Å². The number of imidazole rings is 1. The van der Waals surface area contributed by atoms with Gasteiger partial charge in [-0.1, -0.05) is 0 Å². The Balaban J connectivity index is 1.78. The van der Waals surface area contributed by atoms with E-state index in [-0.39, 0.29) is 0 Å². The quantitative estimate of drug-likeness (QED) is 0.564. The van der Waals surface area contributed by atoms with E-state index in [2.05, 4.69) is 25.3 Å². The molecule has 7 nitrogen and oxygen atoms in total. The van der Waals surface area contributed by atoms with E-state index in [1.165, 1.54) is 6.33 Å². The molecular weight excluding hydrogens is 232 g/mol. The number of unbranched alkanes of at least 4 members (excludes halogenated alkanes) is 1. The number of H-pyrrole nitrogens is 1. The lowest BCUT2D eigenvalue weighted by molar-refractivity contribution is -0.109. The summed E-state index contributed by atoms with van der Waals surface area (Å²) in [7, 11) is 3.60. The largest absolute Gasteiger partial charge is 0.368 e. The van der Waals surface area contributed by atoms with Crippen LogP contribution in [0.1, 0.15) is 12.8 Å². The summed E-state index contributed by atoms with van der Waals surface area (Å²) in [6, 6.07) is 0. The van der Waals surface area contributed by atoms with Crippen molar-refractivity contribution < 1.29 is 4.84 Å². The fraction of sp³-hybridized carbons (Fsp3) is 0.545. The maximum atomic E-state index is 5.04. The first-order chi connectivity index (χ1) is 8.81. The van der Waals surface area contributed by atoms with Crippen LogP contribution < -0.4 is 5.32 Å². The second kappa shape index (κ2) is 6.27. The summed E-state index contributed by atoms with van der Waals surface area (Å²) in [6.45, 7) is 1.77. The first kappa shape index (κ1) is 12.7. The number of nitrogens with one attached hydrogen (secondary N) is 2. The molecule has 0 saturated heterocycles. The predicted molar refractivity (Wildman–Crippen MR) is 69.0 cm³/mol. The van der Waals surface area contributed by atoms with Crippen LogP contribution in [0.3, 0.4) is 0 Å². The SMILES string of the molecule is CON(C)CCCCNc1ncnc2[nH]cnc12. The van der Waals surface area contributed by atoms with Gasteiger partial charge in [0.2, 0.25) is 0 Å². The van der Waals surface area contributed by atoms with Crippen LogP contribution >= 0.6 is 0 Å². The van der Waals surface area contributed by atoms with Crippen LogP contribution in [-0.4, -0.2) is 52.2 Å². The van der Waals surface area contributed by atoms with Crippen LogP contribution in [-0.2, 0) is 4.84 Å². The van der Waals surface area contributed by atoms with Crippen LogP contribution in [0, 0.1) is 0 Å². The Kier molecular flexibility index (Phi) is 4.43. The molecule has 0 saturated carbocycles. The van der Waals surface area contributed by atoms with Gasteiger partial charge in [-0.05, 0) is 12.8 Å². The van der Waals surface area contributed by atoms with E-state index in [0.29, 0.717) is 0 Å². The van der Waals surface area contributed by atoms with Gasteiger partial charge in [0.1, 0.15) is 11.8 Å². The Morgan fingerprint density at radius 3 is 3.06 bits per heavy atom. The summed E-state index contributed by atoms with van der Waals surface area (Å²) in [5, 5.41) is 5.09. The van der Waals surface area contributed by atoms with Crippen molar-refractivity contribution in [2.24, 2.45) is 0 Å². The van der Waals surface area contributed by atoms with Gasteiger partial charge >= 0.3 is 0 Å². The third-order valence-corrected chi connectivity index (χ3v) is 2.72. The first-order valence-electron chi connectivity index (χ1n) is 5.94. The summed E-state index contributed by atoms with van der Waals surface area (Å²) < 4.78 is 0. The number of nitrogens with zero attached hydrogens (tertiary/aromatic N) is 4. The average Bonchev–Trinajstić information content (AvgIpc) is 2.87. The molecule has 0 bridgehead atoms. The molecule has 0 aliphatic carbocycles. The van der Waals surface area contributed by atoms with Crippen molar-refractivity contribution in [2.75, 3.05) is 32.6 Å². The van der Waals surface area contributed by atoms with Gasteiger partial charge in [0.15, 0.2) is 11.5 Å². The monoisotopic (exact) mass is 250 g/mol. The fourth-order valence-electron chi connectivity index (χ4n) is 1.65. The summed E-state index contributed by atoms with van der Waals surface area (Å²) in [4.78, 5) is 20.5. The summed E-state index contributed by atoms with van der Waals surface area (Å²) in [5.74, 6) is 0.779. The fourth-order valence-corrected chi connectivity index (χ4v) is 1.65. The number of aromatic nitrogens is 4. The van der Waals surface area contributed by atoms with Crippen LogP contribution in [0.15, 0.2) is 12.7 Å². The lowest BCUT2D eigenvalue weighted by Gasteiger charge is -2.12. The van der Waals surface area contributed by atoms with Gasteiger partial charge in [-0.3, -0.25) is 0 Å². The maximum absolute atomic E-state index is 5.04. The number of hydrogen-bond acceptors (Lipinski definition) is 6. The standard InChI is InChI=1S/C11H18N6O/c1-17(18-2)6-4-3-5-12-10-9-11(14-7-13-9)16-8-15-10/h7-8H,3-6H2,1-2H3,(H2,12,13,14,15,16). The van der Waals surface area contributed by atoms with Gasteiger partial charge in [-0.2, -0.15) is 5.06 Å². The molecule has 0 atom stereocenters. The van der Waals surface area contributed by atoms with Crippen molar-refractivity contribution in [1.82, 2.24) is 25.0 Å². The normalized spacial score (nSPS) is 11.3. The summed E-state index contributed by atoms with van der Waals surface area (Å²) in [5.41, 5.74) is 1.54. The van der Waals surface area contributed by atoms with E-state index in [1.807, 2.05) is 12.1 Å². The Bertz CT molecular complexity index is 485. The molecule has 0 radical (unpaired) electrons. The highest BCUT2D eigenvalue weighted by Crippen LogP contribution is 2.14. The Hall–Kier alpha value is -1.73. The Morgan fingerprint density at radius 2 is 2.22 bits per heavy atom. The summed E-state index contributed by atoms with van der Waals surface area (Å²) >= 11 is 0. The smallest absolute Gasteiger partial charge is 0.162 e. The van der Waals surface area contributed by atoms with Crippen molar-refractivity contribution in [2.45, 2.75) is 12.8 Å². The highest BCUT2D eigenvalue weighted by atomic mass is 16.7.